The van der Waals surface area contributed by atoms with Gasteiger partial charge in [0, 0.05) is 6.42 Å². The second kappa shape index (κ2) is 18.9. The van der Waals surface area contributed by atoms with Crippen LogP contribution in [0.4, 0.5) is 0 Å². The molecule has 31 heavy (non-hydrogen) atoms. The smallest absolute Gasteiger partial charge is 0.331 e. The van der Waals surface area contributed by atoms with Crippen molar-refractivity contribution in [1.82, 2.24) is 5.32 Å². The summed E-state index contributed by atoms with van der Waals surface area (Å²) in [6.45, 7) is 1.92. The number of rotatable bonds is 19. The van der Waals surface area contributed by atoms with Crippen LogP contribution in [0.25, 0.3) is 0 Å². The molecule has 5 nitrogen and oxygen atoms in total. The van der Waals surface area contributed by atoms with E-state index in [0.717, 1.165) is 24.8 Å². The molecule has 0 aliphatic carbocycles. The number of hydrogen-bond donors (Lipinski definition) is 2. The highest BCUT2D eigenvalue weighted by Crippen LogP contribution is 2.13. The van der Waals surface area contributed by atoms with E-state index >= 15 is 0 Å². The van der Waals surface area contributed by atoms with Gasteiger partial charge in [0.25, 0.3) is 0 Å². The number of carbonyl (C=O) groups is 2. The number of esters is 1. The largest absolute Gasteiger partial charge is 0.459 e. The molecule has 1 atom stereocenters. The van der Waals surface area contributed by atoms with Crippen LogP contribution in [-0.4, -0.2) is 29.6 Å². The molecule has 0 spiro atoms. The standard InChI is InChI=1S/C26H43NO4/c1-2-3-4-5-6-7-8-9-10-11-12-13-17-20-25(29)27-24(21-28)26(30)31-22-23-18-15-14-16-19-23/h14-16,18-19,24,28H,2-13,17,20-22H2,1H3,(H,27,29). The van der Waals surface area contributed by atoms with E-state index in [4.69, 9.17) is 4.74 Å². The molecule has 0 fully saturated rings. The van der Waals surface area contributed by atoms with Crippen molar-refractivity contribution in [3.8, 4) is 0 Å². The SMILES string of the molecule is CCCCCCCCCCCCCCCC(=O)NC(CO)C(=O)OCc1ccccc1. The van der Waals surface area contributed by atoms with E-state index in [0.29, 0.717) is 6.42 Å². The molecule has 0 heterocycles. The highest BCUT2D eigenvalue weighted by molar-refractivity contribution is 5.84. The molecule has 1 aromatic rings. The van der Waals surface area contributed by atoms with Crippen LogP contribution < -0.4 is 5.32 Å². The van der Waals surface area contributed by atoms with Crippen LogP contribution in [-0.2, 0) is 20.9 Å². The van der Waals surface area contributed by atoms with Crippen molar-refractivity contribution in [2.24, 2.45) is 0 Å². The van der Waals surface area contributed by atoms with Gasteiger partial charge in [0.2, 0.25) is 5.91 Å². The fraction of sp³-hybridized carbons (Fsp3) is 0.692. The lowest BCUT2D eigenvalue weighted by atomic mass is 10.0. The lowest BCUT2D eigenvalue weighted by Gasteiger charge is -2.15. The first-order chi connectivity index (χ1) is 15.2. The molecule has 1 rings (SSSR count). The Bertz CT molecular complexity index is 576. The zero-order valence-corrected chi connectivity index (χ0v) is 19.4. The number of aliphatic hydroxyl groups is 1. The summed E-state index contributed by atoms with van der Waals surface area (Å²) in [5, 5.41) is 12.0. The van der Waals surface area contributed by atoms with Gasteiger partial charge in [-0.2, -0.15) is 0 Å². The van der Waals surface area contributed by atoms with Gasteiger partial charge in [-0.3, -0.25) is 4.79 Å². The van der Waals surface area contributed by atoms with Gasteiger partial charge in [-0.15, -0.1) is 0 Å². The highest BCUT2D eigenvalue weighted by atomic mass is 16.5. The van der Waals surface area contributed by atoms with Gasteiger partial charge in [-0.05, 0) is 12.0 Å². The van der Waals surface area contributed by atoms with Crippen LogP contribution in [0.15, 0.2) is 30.3 Å². The van der Waals surface area contributed by atoms with E-state index in [1.54, 1.807) is 0 Å². The molecule has 5 heteroatoms. The summed E-state index contributed by atoms with van der Waals surface area (Å²) < 4.78 is 5.19. The number of aliphatic hydroxyl groups excluding tert-OH is 1. The maximum absolute atomic E-state index is 12.1. The highest BCUT2D eigenvalue weighted by Gasteiger charge is 2.21. The molecular weight excluding hydrogens is 390 g/mol. The number of ether oxygens (including phenoxy) is 1. The molecule has 0 aliphatic heterocycles. The van der Waals surface area contributed by atoms with Gasteiger partial charge in [-0.1, -0.05) is 114 Å². The third kappa shape index (κ3) is 14.7. The quantitative estimate of drug-likeness (QED) is 0.217. The summed E-state index contributed by atoms with van der Waals surface area (Å²) in [7, 11) is 0. The normalized spacial score (nSPS) is 11.8. The number of amides is 1. The number of nitrogens with one attached hydrogen (secondary N) is 1. The summed E-state index contributed by atoms with van der Waals surface area (Å²) in [4.78, 5) is 24.1. The Balaban J connectivity index is 2.00. The van der Waals surface area contributed by atoms with Crippen LogP contribution in [0.5, 0.6) is 0 Å². The Hall–Kier alpha value is -1.88. The average molecular weight is 434 g/mol. The van der Waals surface area contributed by atoms with Crippen molar-refractivity contribution in [3.05, 3.63) is 35.9 Å². The minimum Gasteiger partial charge on any atom is -0.459 e. The zero-order valence-electron chi connectivity index (χ0n) is 19.4. The molecule has 0 aliphatic rings. The summed E-state index contributed by atoms with van der Waals surface area (Å²) in [5.41, 5.74) is 0.867. The summed E-state index contributed by atoms with van der Waals surface area (Å²) in [5.74, 6) is -0.816. The van der Waals surface area contributed by atoms with Gasteiger partial charge in [-0.25, -0.2) is 4.79 Å². The van der Waals surface area contributed by atoms with Gasteiger partial charge in [0.1, 0.15) is 6.61 Å². The Morgan fingerprint density at radius 1 is 0.839 bits per heavy atom. The molecule has 1 aromatic carbocycles. The maximum atomic E-state index is 12.1. The predicted octanol–water partition coefficient (Wildman–Crippen LogP) is 5.69. The van der Waals surface area contributed by atoms with Crippen LogP contribution in [0.2, 0.25) is 0 Å². The molecular formula is C26H43NO4. The summed E-state index contributed by atoms with van der Waals surface area (Å²) >= 11 is 0. The molecule has 176 valence electrons. The second-order valence-electron chi connectivity index (χ2n) is 8.39. The third-order valence-electron chi connectivity index (χ3n) is 5.53. The Kier molecular flexibility index (Phi) is 16.5. The molecule has 0 saturated heterocycles. The van der Waals surface area contributed by atoms with E-state index in [1.165, 1.54) is 64.2 Å². The number of benzene rings is 1. The van der Waals surface area contributed by atoms with Crippen LogP contribution >= 0.6 is 0 Å². The summed E-state index contributed by atoms with van der Waals surface area (Å²) in [6.07, 6.45) is 16.7. The van der Waals surface area contributed by atoms with Gasteiger partial charge < -0.3 is 15.2 Å². The molecule has 1 unspecified atom stereocenters. The Labute approximate surface area is 189 Å². The molecule has 0 saturated carbocycles. The number of hydrogen-bond acceptors (Lipinski definition) is 4. The lowest BCUT2D eigenvalue weighted by molar-refractivity contribution is -0.150. The van der Waals surface area contributed by atoms with Gasteiger partial charge in [0.15, 0.2) is 6.04 Å². The van der Waals surface area contributed by atoms with E-state index in [9.17, 15) is 14.7 Å². The molecule has 1 amide bonds. The third-order valence-corrected chi connectivity index (χ3v) is 5.53. The number of carbonyl (C=O) groups excluding carboxylic acids is 2. The zero-order chi connectivity index (χ0) is 22.6. The van der Waals surface area contributed by atoms with Crippen molar-refractivity contribution < 1.29 is 19.4 Å². The van der Waals surface area contributed by atoms with Gasteiger partial charge in [0.05, 0.1) is 6.61 Å². The average Bonchev–Trinajstić information content (AvgIpc) is 2.79. The Morgan fingerprint density at radius 2 is 1.35 bits per heavy atom. The van der Waals surface area contributed by atoms with E-state index in [-0.39, 0.29) is 12.5 Å². The fourth-order valence-electron chi connectivity index (χ4n) is 3.58. The fourth-order valence-corrected chi connectivity index (χ4v) is 3.58. The van der Waals surface area contributed by atoms with Crippen LogP contribution in [0.1, 0.15) is 102 Å². The second-order valence-corrected chi connectivity index (χ2v) is 8.39. The van der Waals surface area contributed by atoms with Gasteiger partial charge >= 0.3 is 5.97 Å². The van der Waals surface area contributed by atoms with Crippen molar-refractivity contribution in [2.75, 3.05) is 6.61 Å². The molecule has 0 radical (unpaired) electrons. The van der Waals surface area contributed by atoms with Crippen molar-refractivity contribution in [2.45, 2.75) is 109 Å². The predicted molar refractivity (Wildman–Crippen MR) is 126 cm³/mol. The minimum atomic E-state index is -1.00. The lowest BCUT2D eigenvalue weighted by Crippen LogP contribution is -2.44. The first-order valence-corrected chi connectivity index (χ1v) is 12.3. The monoisotopic (exact) mass is 433 g/mol. The minimum absolute atomic E-state index is 0.130. The van der Waals surface area contributed by atoms with Crippen molar-refractivity contribution in [3.63, 3.8) is 0 Å². The first kappa shape index (κ1) is 27.2. The molecule has 0 aromatic heterocycles. The van der Waals surface area contributed by atoms with Crippen LogP contribution in [0.3, 0.4) is 0 Å². The topological polar surface area (TPSA) is 75.6 Å². The first-order valence-electron chi connectivity index (χ1n) is 12.3. The molecule has 2 N–H and O–H groups in total. The molecule has 0 bridgehead atoms. The van der Waals surface area contributed by atoms with Crippen molar-refractivity contribution >= 4 is 11.9 Å². The Morgan fingerprint density at radius 3 is 1.87 bits per heavy atom. The van der Waals surface area contributed by atoms with Crippen molar-refractivity contribution in [1.29, 1.82) is 0 Å². The van der Waals surface area contributed by atoms with E-state index in [1.807, 2.05) is 30.3 Å². The van der Waals surface area contributed by atoms with E-state index < -0.39 is 18.6 Å². The summed E-state index contributed by atoms with van der Waals surface area (Å²) in [6, 6.07) is 8.33. The number of unbranched alkanes of at least 4 members (excludes halogenated alkanes) is 12. The van der Waals surface area contributed by atoms with E-state index in [2.05, 4.69) is 12.2 Å². The maximum Gasteiger partial charge on any atom is 0.331 e. The van der Waals surface area contributed by atoms with Crippen LogP contribution in [0, 0.1) is 0 Å².